The molecule has 6 N–H and O–H groups in total. The molecule has 0 heterocycles. The zero-order chi connectivity index (χ0) is 35.3. The van der Waals surface area contributed by atoms with Crippen LogP contribution in [0.1, 0.15) is 63.0 Å². The van der Waals surface area contributed by atoms with E-state index in [2.05, 4.69) is 26.6 Å². The van der Waals surface area contributed by atoms with Crippen LogP contribution in [0.15, 0.2) is 54.6 Å². The summed E-state index contributed by atoms with van der Waals surface area (Å²) < 4.78 is 5.19. The van der Waals surface area contributed by atoms with Gasteiger partial charge in [-0.05, 0) is 58.7 Å². The molecule has 4 atom stereocenters. The number of carboxylic acids is 1. The van der Waals surface area contributed by atoms with Crippen molar-refractivity contribution in [2.24, 2.45) is 0 Å². The highest BCUT2D eigenvalue weighted by molar-refractivity contribution is 5.96. The minimum absolute atomic E-state index is 0.0480. The van der Waals surface area contributed by atoms with Crippen LogP contribution in [0.25, 0.3) is 0 Å². The normalized spacial score (nSPS) is 13.5. The second kappa shape index (κ2) is 17.4. The molecule has 2 aromatic carbocycles. The molecule has 0 saturated carbocycles. The third kappa shape index (κ3) is 13.7. The number of amides is 5. The van der Waals surface area contributed by atoms with Crippen molar-refractivity contribution in [1.29, 1.82) is 0 Å². The van der Waals surface area contributed by atoms with Crippen molar-refractivity contribution in [3.63, 3.8) is 0 Å². The largest absolute Gasteiger partial charge is 0.480 e. The lowest BCUT2D eigenvalue weighted by atomic mass is 10.0. The molecule has 0 bridgehead atoms. The molecule has 0 aromatic heterocycles. The standard InChI is InChI=1S/C33H43N5O9/c1-19(28(42)37-25(30(44)34-18-27(40)41)16-22-11-8-7-9-12-22)35-31(45)26(17-23-13-10-14-24(15-23)21(3)39)38-29(43)20(2)36-32(46)47-33(4,5)6/h7-15,19-20,25-26H,16-18H2,1-6H3,(H,34,44)(H,35,45)(H,36,46)(H,37,42)(H,38,43)(H,40,41)/t19-,20-,25-,26-/m0/s1. The quantitative estimate of drug-likeness (QED) is 0.153. The number of carboxylic acid groups (broad SMARTS) is 1. The van der Waals surface area contributed by atoms with Crippen LogP contribution in [0.2, 0.25) is 0 Å². The number of hydrogen-bond donors (Lipinski definition) is 6. The van der Waals surface area contributed by atoms with Gasteiger partial charge in [-0.15, -0.1) is 0 Å². The van der Waals surface area contributed by atoms with Gasteiger partial charge in [-0.2, -0.15) is 0 Å². The number of ketones is 1. The van der Waals surface area contributed by atoms with Crippen molar-refractivity contribution < 1.29 is 43.4 Å². The van der Waals surface area contributed by atoms with Crippen molar-refractivity contribution in [3.05, 3.63) is 71.3 Å². The number of rotatable bonds is 15. The molecule has 2 aromatic rings. The summed E-state index contributed by atoms with van der Waals surface area (Å²) in [6, 6.07) is 10.5. The molecular formula is C33H43N5O9. The maximum Gasteiger partial charge on any atom is 0.408 e. The van der Waals surface area contributed by atoms with Crippen LogP contribution in [0.5, 0.6) is 0 Å². The van der Waals surface area contributed by atoms with E-state index < -0.39 is 72.0 Å². The first kappa shape index (κ1) is 37.9. The van der Waals surface area contributed by atoms with Gasteiger partial charge in [-0.3, -0.25) is 28.8 Å². The highest BCUT2D eigenvalue weighted by Gasteiger charge is 2.30. The molecule has 2 rings (SSSR count). The van der Waals surface area contributed by atoms with Crippen LogP contribution in [0.4, 0.5) is 4.79 Å². The van der Waals surface area contributed by atoms with E-state index in [-0.39, 0.29) is 18.6 Å². The number of Topliss-reactive ketones (excluding diaryl/α,β-unsaturated/α-hetero) is 1. The van der Waals surface area contributed by atoms with E-state index in [0.717, 1.165) is 0 Å². The monoisotopic (exact) mass is 653 g/mol. The molecule has 14 nitrogen and oxygen atoms in total. The summed E-state index contributed by atoms with van der Waals surface area (Å²) in [5.74, 6) is -4.41. The predicted molar refractivity (Wildman–Crippen MR) is 171 cm³/mol. The van der Waals surface area contributed by atoms with Gasteiger partial charge in [0, 0.05) is 18.4 Å². The second-order valence-electron chi connectivity index (χ2n) is 12.0. The van der Waals surface area contributed by atoms with Gasteiger partial charge in [0.1, 0.15) is 36.3 Å². The first-order valence-electron chi connectivity index (χ1n) is 15.0. The van der Waals surface area contributed by atoms with E-state index in [1.165, 1.54) is 20.8 Å². The van der Waals surface area contributed by atoms with Crippen LogP contribution >= 0.6 is 0 Å². The first-order valence-corrected chi connectivity index (χ1v) is 15.0. The number of alkyl carbamates (subject to hydrolysis) is 1. The summed E-state index contributed by atoms with van der Waals surface area (Å²) in [6.07, 6.45) is -0.856. The number of carbonyl (C=O) groups excluding carboxylic acids is 6. The molecule has 47 heavy (non-hydrogen) atoms. The summed E-state index contributed by atoms with van der Waals surface area (Å²) in [6.45, 7) is 8.51. The van der Waals surface area contributed by atoms with Crippen molar-refractivity contribution in [2.75, 3.05) is 6.54 Å². The molecule has 0 unspecified atom stereocenters. The summed E-state index contributed by atoms with van der Waals surface area (Å²) in [5.41, 5.74) is 0.829. The Kier molecular flexibility index (Phi) is 14.1. The van der Waals surface area contributed by atoms with E-state index in [1.54, 1.807) is 75.4 Å². The molecule has 0 fully saturated rings. The van der Waals surface area contributed by atoms with Gasteiger partial charge >= 0.3 is 12.1 Å². The molecule has 0 aliphatic carbocycles. The molecule has 254 valence electrons. The van der Waals surface area contributed by atoms with Crippen LogP contribution in [0.3, 0.4) is 0 Å². The van der Waals surface area contributed by atoms with Crippen molar-refractivity contribution in [2.45, 2.75) is 84.2 Å². The Morgan fingerprint density at radius 1 is 0.702 bits per heavy atom. The lowest BCUT2D eigenvalue weighted by Gasteiger charge is -2.25. The molecule has 14 heteroatoms. The molecule has 0 saturated heterocycles. The third-order valence-corrected chi connectivity index (χ3v) is 6.61. The lowest BCUT2D eigenvalue weighted by molar-refractivity contribution is -0.138. The average molecular weight is 654 g/mol. The maximum atomic E-state index is 13.5. The van der Waals surface area contributed by atoms with Gasteiger partial charge < -0.3 is 36.4 Å². The van der Waals surface area contributed by atoms with E-state index in [4.69, 9.17) is 9.84 Å². The van der Waals surface area contributed by atoms with Gasteiger partial charge in [-0.25, -0.2) is 4.79 Å². The van der Waals surface area contributed by atoms with Crippen LogP contribution in [-0.4, -0.2) is 82.9 Å². The lowest BCUT2D eigenvalue weighted by Crippen LogP contribution is -2.58. The second-order valence-corrected chi connectivity index (χ2v) is 12.0. The molecule has 0 spiro atoms. The number of hydrogen-bond acceptors (Lipinski definition) is 8. The number of benzene rings is 2. The predicted octanol–water partition coefficient (Wildman–Crippen LogP) is 1.26. The van der Waals surface area contributed by atoms with Crippen LogP contribution in [0, 0.1) is 0 Å². The molecule has 0 radical (unpaired) electrons. The Labute approximate surface area is 273 Å². The van der Waals surface area contributed by atoms with Crippen LogP contribution in [-0.2, 0) is 41.6 Å². The van der Waals surface area contributed by atoms with Gasteiger partial charge in [0.05, 0.1) is 0 Å². The highest BCUT2D eigenvalue weighted by Crippen LogP contribution is 2.11. The SMILES string of the molecule is CC(=O)c1cccc(C[C@H](NC(=O)[C@H](C)NC(=O)OC(C)(C)C)C(=O)N[C@@H](C)C(=O)N[C@@H](Cc2ccccc2)C(=O)NCC(=O)O)c1. The minimum Gasteiger partial charge on any atom is -0.480 e. The van der Waals surface area contributed by atoms with Crippen LogP contribution < -0.4 is 26.6 Å². The Bertz CT molecular complexity index is 1460. The topological polar surface area (TPSA) is 209 Å². The Morgan fingerprint density at radius 2 is 1.23 bits per heavy atom. The Balaban J connectivity index is 2.22. The average Bonchev–Trinajstić information content (AvgIpc) is 2.98. The fourth-order valence-electron chi connectivity index (χ4n) is 4.23. The fraction of sp³-hybridized carbons (Fsp3) is 0.424. The summed E-state index contributed by atoms with van der Waals surface area (Å²) >= 11 is 0. The molecule has 0 aliphatic rings. The first-order chi connectivity index (χ1) is 21.9. The van der Waals surface area contributed by atoms with Gasteiger partial charge in [0.15, 0.2) is 5.78 Å². The van der Waals surface area contributed by atoms with Crippen molar-refractivity contribution in [1.82, 2.24) is 26.6 Å². The minimum atomic E-state index is -1.26. The van der Waals surface area contributed by atoms with Crippen molar-refractivity contribution >= 4 is 41.5 Å². The van der Waals surface area contributed by atoms with Gasteiger partial charge in [0.2, 0.25) is 23.6 Å². The van der Waals surface area contributed by atoms with Crippen molar-refractivity contribution in [3.8, 4) is 0 Å². The highest BCUT2D eigenvalue weighted by atomic mass is 16.6. The summed E-state index contributed by atoms with van der Waals surface area (Å²) in [5, 5.41) is 21.3. The third-order valence-electron chi connectivity index (χ3n) is 6.61. The van der Waals surface area contributed by atoms with E-state index >= 15 is 0 Å². The van der Waals surface area contributed by atoms with E-state index in [9.17, 15) is 33.6 Å². The fourth-order valence-corrected chi connectivity index (χ4v) is 4.23. The Morgan fingerprint density at radius 3 is 1.79 bits per heavy atom. The number of aliphatic carboxylic acids is 1. The number of nitrogens with one attached hydrogen (secondary N) is 5. The smallest absolute Gasteiger partial charge is 0.408 e. The zero-order valence-electron chi connectivity index (χ0n) is 27.3. The summed E-state index contributed by atoms with van der Waals surface area (Å²) in [7, 11) is 0. The van der Waals surface area contributed by atoms with Gasteiger partial charge in [0.25, 0.3) is 0 Å². The molecular weight excluding hydrogens is 610 g/mol. The van der Waals surface area contributed by atoms with Gasteiger partial charge in [-0.1, -0.05) is 48.5 Å². The number of ether oxygens (including phenoxy) is 1. The maximum absolute atomic E-state index is 13.5. The van der Waals surface area contributed by atoms with E-state index in [0.29, 0.717) is 16.7 Å². The zero-order valence-corrected chi connectivity index (χ0v) is 27.3. The number of carbonyl (C=O) groups is 7. The Hall–Kier alpha value is -5.27. The van der Waals surface area contributed by atoms with E-state index in [1.807, 2.05) is 0 Å². The summed E-state index contributed by atoms with van der Waals surface area (Å²) in [4.78, 5) is 87.6. The molecule has 5 amide bonds. The molecule has 0 aliphatic heterocycles.